The van der Waals surface area contributed by atoms with Crippen molar-refractivity contribution in [1.29, 1.82) is 0 Å². The van der Waals surface area contributed by atoms with E-state index in [0.717, 1.165) is 17.7 Å². The van der Waals surface area contributed by atoms with E-state index in [1.807, 2.05) is 6.07 Å². The lowest BCUT2D eigenvalue weighted by Crippen LogP contribution is -1.92. The number of rotatable bonds is 3. The number of hydrogen-bond donors (Lipinski definition) is 0. The van der Waals surface area contributed by atoms with Crippen LogP contribution in [-0.4, -0.2) is 6.72 Å². The lowest BCUT2D eigenvalue weighted by molar-refractivity contribution is 1.25. The average Bonchev–Trinajstić information content (AvgIpc) is 2.70. The third kappa shape index (κ3) is 2.85. The standard InChI is InChI=1S/C24H19N/c1-25-24(19-12-6-3-7-13-19)23-17-9-15-21-20(14-8-16-22(21)23)18-10-4-2-5-11-18/h2-12,14-17H,1,13H2/b24-19-. The maximum Gasteiger partial charge on any atom is 0.0736 e. The highest BCUT2D eigenvalue weighted by molar-refractivity contribution is 6.03. The summed E-state index contributed by atoms with van der Waals surface area (Å²) >= 11 is 0. The minimum absolute atomic E-state index is 0.889. The van der Waals surface area contributed by atoms with Gasteiger partial charge in [-0.15, -0.1) is 0 Å². The van der Waals surface area contributed by atoms with Crippen molar-refractivity contribution >= 4 is 23.2 Å². The number of fused-ring (bicyclic) bond motifs is 1. The smallest absolute Gasteiger partial charge is 0.0736 e. The van der Waals surface area contributed by atoms with E-state index < -0.39 is 0 Å². The van der Waals surface area contributed by atoms with Crippen molar-refractivity contribution in [3.05, 3.63) is 102 Å². The van der Waals surface area contributed by atoms with E-state index >= 15 is 0 Å². The van der Waals surface area contributed by atoms with Gasteiger partial charge in [-0.1, -0.05) is 91.0 Å². The Balaban J connectivity index is 1.97. The topological polar surface area (TPSA) is 12.4 Å². The van der Waals surface area contributed by atoms with E-state index in [-0.39, 0.29) is 0 Å². The third-order valence-electron chi connectivity index (χ3n) is 4.61. The van der Waals surface area contributed by atoms with Crippen LogP contribution in [-0.2, 0) is 0 Å². The van der Waals surface area contributed by atoms with Gasteiger partial charge in [0.1, 0.15) is 0 Å². The van der Waals surface area contributed by atoms with Gasteiger partial charge in [-0.05, 0) is 40.6 Å². The van der Waals surface area contributed by atoms with Crippen molar-refractivity contribution in [2.75, 3.05) is 0 Å². The zero-order valence-corrected chi connectivity index (χ0v) is 14.0. The van der Waals surface area contributed by atoms with Gasteiger partial charge >= 0.3 is 0 Å². The number of allylic oxidation sites excluding steroid dienone is 5. The molecule has 0 heterocycles. The molecule has 120 valence electrons. The fraction of sp³-hybridized carbons (Fsp3) is 0.0417. The second-order valence-corrected chi connectivity index (χ2v) is 6.10. The fourth-order valence-corrected chi connectivity index (χ4v) is 3.43. The Morgan fingerprint density at radius 2 is 1.60 bits per heavy atom. The molecule has 3 aromatic carbocycles. The van der Waals surface area contributed by atoms with Crippen LogP contribution in [0.15, 0.2) is 102 Å². The van der Waals surface area contributed by atoms with Gasteiger partial charge in [0.05, 0.1) is 5.70 Å². The first-order valence-electron chi connectivity index (χ1n) is 8.49. The van der Waals surface area contributed by atoms with Crippen LogP contribution in [0.5, 0.6) is 0 Å². The molecule has 0 atom stereocenters. The van der Waals surface area contributed by atoms with Gasteiger partial charge in [-0.2, -0.15) is 0 Å². The van der Waals surface area contributed by atoms with Gasteiger partial charge in [-0.3, -0.25) is 4.99 Å². The molecule has 1 nitrogen and oxygen atoms in total. The van der Waals surface area contributed by atoms with Crippen LogP contribution in [0.1, 0.15) is 12.0 Å². The van der Waals surface area contributed by atoms with Crippen molar-refractivity contribution in [2.24, 2.45) is 4.99 Å². The normalized spacial score (nSPS) is 15.4. The Kier molecular flexibility index (Phi) is 4.14. The number of benzene rings is 3. The molecule has 1 aliphatic carbocycles. The van der Waals surface area contributed by atoms with Crippen molar-refractivity contribution < 1.29 is 0 Å². The maximum absolute atomic E-state index is 4.38. The van der Waals surface area contributed by atoms with Crippen molar-refractivity contribution in [3.63, 3.8) is 0 Å². The van der Waals surface area contributed by atoms with Crippen LogP contribution in [0.2, 0.25) is 0 Å². The quantitative estimate of drug-likeness (QED) is 0.493. The fourth-order valence-electron chi connectivity index (χ4n) is 3.43. The Labute approximate surface area is 148 Å². The summed E-state index contributed by atoms with van der Waals surface area (Å²) in [6.45, 7) is 3.83. The zero-order valence-electron chi connectivity index (χ0n) is 14.0. The molecule has 0 amide bonds. The van der Waals surface area contributed by atoms with E-state index in [2.05, 4.69) is 96.7 Å². The molecule has 0 N–H and O–H groups in total. The van der Waals surface area contributed by atoms with Gasteiger partial charge in [0, 0.05) is 5.56 Å². The molecular formula is C24H19N. The number of nitrogens with zero attached hydrogens (tertiary/aromatic N) is 1. The Morgan fingerprint density at radius 1 is 0.800 bits per heavy atom. The van der Waals surface area contributed by atoms with Gasteiger partial charge in [0.25, 0.3) is 0 Å². The molecule has 4 rings (SSSR count). The summed E-state index contributed by atoms with van der Waals surface area (Å²) in [5, 5.41) is 2.45. The summed E-state index contributed by atoms with van der Waals surface area (Å²) in [5.74, 6) is 0. The highest BCUT2D eigenvalue weighted by Crippen LogP contribution is 2.35. The van der Waals surface area contributed by atoms with Crippen molar-refractivity contribution in [1.82, 2.24) is 0 Å². The molecule has 0 aromatic heterocycles. The minimum Gasteiger partial charge on any atom is -0.264 e. The minimum atomic E-state index is 0.889. The molecule has 0 radical (unpaired) electrons. The average molecular weight is 321 g/mol. The first-order chi connectivity index (χ1) is 12.4. The lowest BCUT2D eigenvalue weighted by Gasteiger charge is -2.14. The van der Waals surface area contributed by atoms with Gasteiger partial charge in [0.15, 0.2) is 0 Å². The molecule has 0 unspecified atom stereocenters. The van der Waals surface area contributed by atoms with E-state index in [0.29, 0.717) is 0 Å². The monoisotopic (exact) mass is 321 g/mol. The number of aliphatic imine (C=N–C) groups is 1. The van der Waals surface area contributed by atoms with E-state index in [9.17, 15) is 0 Å². The summed E-state index contributed by atoms with van der Waals surface area (Å²) < 4.78 is 0. The van der Waals surface area contributed by atoms with E-state index in [1.54, 1.807) is 0 Å². The van der Waals surface area contributed by atoms with Crippen LogP contribution in [0.3, 0.4) is 0 Å². The van der Waals surface area contributed by atoms with Crippen LogP contribution in [0.25, 0.3) is 27.6 Å². The molecule has 0 aliphatic heterocycles. The van der Waals surface area contributed by atoms with Crippen molar-refractivity contribution in [2.45, 2.75) is 6.42 Å². The predicted molar refractivity (Wildman–Crippen MR) is 109 cm³/mol. The lowest BCUT2D eigenvalue weighted by atomic mass is 9.92. The molecule has 1 aliphatic rings. The van der Waals surface area contributed by atoms with Crippen molar-refractivity contribution in [3.8, 4) is 11.1 Å². The molecule has 3 aromatic rings. The maximum atomic E-state index is 4.38. The summed E-state index contributed by atoms with van der Waals surface area (Å²) in [6.07, 6.45) is 9.30. The number of hydrogen-bond acceptors (Lipinski definition) is 1. The summed E-state index contributed by atoms with van der Waals surface area (Å²) in [6, 6.07) is 23.4. The van der Waals surface area contributed by atoms with E-state index in [1.165, 1.54) is 27.5 Å². The summed E-state index contributed by atoms with van der Waals surface area (Å²) in [7, 11) is 0. The summed E-state index contributed by atoms with van der Waals surface area (Å²) in [5.41, 5.74) is 5.78. The van der Waals surface area contributed by atoms with Crippen LogP contribution in [0, 0.1) is 0 Å². The Hall–Kier alpha value is -3.19. The predicted octanol–water partition coefficient (Wildman–Crippen LogP) is 6.43. The first-order valence-corrected chi connectivity index (χ1v) is 8.49. The molecule has 0 spiro atoms. The van der Waals surface area contributed by atoms with Crippen LogP contribution in [0.4, 0.5) is 0 Å². The molecule has 0 saturated carbocycles. The molecule has 1 heteroatoms. The van der Waals surface area contributed by atoms with Gasteiger partial charge in [-0.25, -0.2) is 0 Å². The van der Waals surface area contributed by atoms with Crippen LogP contribution < -0.4 is 0 Å². The summed E-state index contributed by atoms with van der Waals surface area (Å²) in [4.78, 5) is 4.38. The van der Waals surface area contributed by atoms with E-state index in [4.69, 9.17) is 0 Å². The highest BCUT2D eigenvalue weighted by atomic mass is 14.7. The van der Waals surface area contributed by atoms with Gasteiger partial charge in [0.2, 0.25) is 0 Å². The second-order valence-electron chi connectivity index (χ2n) is 6.10. The molecule has 0 bridgehead atoms. The molecule has 0 saturated heterocycles. The first kappa shape index (κ1) is 15.3. The molecule has 25 heavy (non-hydrogen) atoms. The third-order valence-corrected chi connectivity index (χ3v) is 4.61. The highest BCUT2D eigenvalue weighted by Gasteiger charge is 2.12. The second kappa shape index (κ2) is 6.74. The Bertz CT molecular complexity index is 1020. The van der Waals surface area contributed by atoms with Crippen LogP contribution >= 0.6 is 0 Å². The zero-order chi connectivity index (χ0) is 17.1. The Morgan fingerprint density at radius 3 is 2.36 bits per heavy atom. The molecular weight excluding hydrogens is 302 g/mol. The molecule has 0 fully saturated rings. The largest absolute Gasteiger partial charge is 0.264 e. The van der Waals surface area contributed by atoms with Gasteiger partial charge < -0.3 is 0 Å². The SMILES string of the molecule is C=N/C(=C1/C=CC=CC1)c1cccc2c(-c3ccccc3)cccc12.